The monoisotopic (exact) mass is 364 g/mol. The molecule has 0 N–H and O–H groups in total. The summed E-state index contributed by atoms with van der Waals surface area (Å²) in [4.78, 5) is 38.1. The molecule has 0 unspecified atom stereocenters. The Morgan fingerprint density at radius 1 is 1.04 bits per heavy atom. The zero-order valence-electron chi connectivity index (χ0n) is 16.0. The fraction of sp³-hybridized carbons (Fsp3) is 0.650. The van der Waals surface area contributed by atoms with Crippen molar-refractivity contribution in [1.82, 2.24) is 0 Å². The second-order valence-corrected chi connectivity index (χ2v) is 6.59. The van der Waals surface area contributed by atoms with E-state index in [0.717, 1.165) is 12.0 Å². The van der Waals surface area contributed by atoms with Crippen LogP contribution in [0.25, 0.3) is 0 Å². The number of hydrogen-bond acceptors (Lipinski definition) is 6. The third-order valence-electron chi connectivity index (χ3n) is 5.28. The Balaban J connectivity index is 2.56. The van der Waals surface area contributed by atoms with Crippen LogP contribution in [0.5, 0.6) is 0 Å². The number of rotatable bonds is 6. The van der Waals surface area contributed by atoms with Gasteiger partial charge in [0.1, 0.15) is 0 Å². The molecule has 0 aromatic rings. The number of ether oxygens (including phenoxy) is 3. The molecule has 2 aliphatic carbocycles. The van der Waals surface area contributed by atoms with Crippen LogP contribution in [-0.2, 0) is 28.6 Å². The number of carbonyl (C=O) groups is 3. The molecule has 0 bridgehead atoms. The van der Waals surface area contributed by atoms with Crippen LogP contribution in [0.2, 0.25) is 0 Å². The van der Waals surface area contributed by atoms with Crippen molar-refractivity contribution < 1.29 is 28.6 Å². The van der Waals surface area contributed by atoms with Crippen LogP contribution in [0.1, 0.15) is 47.0 Å². The predicted molar refractivity (Wildman–Crippen MR) is 95.0 cm³/mol. The van der Waals surface area contributed by atoms with Crippen molar-refractivity contribution in [2.45, 2.75) is 47.0 Å². The molecule has 0 saturated heterocycles. The molecule has 6 heteroatoms. The summed E-state index contributed by atoms with van der Waals surface area (Å²) in [6.45, 7) is 7.66. The highest BCUT2D eigenvalue weighted by atomic mass is 16.6. The van der Waals surface area contributed by atoms with Crippen LogP contribution in [0.15, 0.2) is 23.3 Å². The Labute approximate surface area is 154 Å². The van der Waals surface area contributed by atoms with Gasteiger partial charge in [-0.3, -0.25) is 9.59 Å². The van der Waals surface area contributed by atoms with E-state index < -0.39 is 17.4 Å². The standard InChI is InChI=1S/C20H28O6/c1-5-24-17(21)15-11-9-8-10-14-13(4)20(12-16(14)15,18(22)25-6-2)19(23)26-7-3/h8,10,13-14H,5-7,9,11-12H2,1-4H3/t13-,14-/m0/s1. The summed E-state index contributed by atoms with van der Waals surface area (Å²) in [5, 5.41) is 0. The SMILES string of the molecule is CCOC(=O)C1=C2CC(C(=O)OCC)(C(=O)OCC)[C@@H](C)[C@@H]2C=CCC1. The summed E-state index contributed by atoms with van der Waals surface area (Å²) < 4.78 is 15.7. The molecule has 6 nitrogen and oxygen atoms in total. The molecule has 1 fully saturated rings. The van der Waals surface area contributed by atoms with E-state index in [-0.39, 0.29) is 44.0 Å². The van der Waals surface area contributed by atoms with Crippen LogP contribution >= 0.6 is 0 Å². The van der Waals surface area contributed by atoms with E-state index in [4.69, 9.17) is 14.2 Å². The van der Waals surface area contributed by atoms with Crippen molar-refractivity contribution in [3.05, 3.63) is 23.3 Å². The fourth-order valence-corrected chi connectivity index (χ4v) is 3.98. The zero-order chi connectivity index (χ0) is 19.3. The smallest absolute Gasteiger partial charge is 0.333 e. The quantitative estimate of drug-likeness (QED) is 0.312. The van der Waals surface area contributed by atoms with Gasteiger partial charge in [-0.1, -0.05) is 24.6 Å². The lowest BCUT2D eigenvalue weighted by Gasteiger charge is -2.29. The molecular weight excluding hydrogens is 336 g/mol. The Bertz CT molecular complexity index is 612. The summed E-state index contributed by atoms with van der Waals surface area (Å²) in [6.07, 6.45) is 5.39. The first kappa shape index (κ1) is 20.2. The first-order valence-corrected chi connectivity index (χ1v) is 9.34. The van der Waals surface area contributed by atoms with Crippen molar-refractivity contribution in [3.63, 3.8) is 0 Å². The first-order valence-electron chi connectivity index (χ1n) is 9.34. The lowest BCUT2D eigenvalue weighted by molar-refractivity contribution is -0.175. The van der Waals surface area contributed by atoms with Crippen LogP contribution < -0.4 is 0 Å². The molecule has 0 amide bonds. The second-order valence-electron chi connectivity index (χ2n) is 6.59. The van der Waals surface area contributed by atoms with Gasteiger partial charge in [-0.15, -0.1) is 0 Å². The Hall–Kier alpha value is -2.11. The number of carbonyl (C=O) groups excluding carboxylic acids is 3. The number of fused-ring (bicyclic) bond motifs is 1. The highest BCUT2D eigenvalue weighted by Crippen LogP contribution is 2.54. The number of esters is 3. The molecule has 0 aromatic carbocycles. The van der Waals surface area contributed by atoms with Gasteiger partial charge in [-0.25, -0.2) is 4.79 Å². The minimum Gasteiger partial charge on any atom is -0.465 e. The summed E-state index contributed by atoms with van der Waals surface area (Å²) in [5.74, 6) is -2.08. The highest BCUT2D eigenvalue weighted by molar-refractivity contribution is 6.02. The van der Waals surface area contributed by atoms with Crippen molar-refractivity contribution in [2.75, 3.05) is 19.8 Å². The number of allylic oxidation sites excluding steroid dienone is 3. The van der Waals surface area contributed by atoms with Crippen LogP contribution in [0, 0.1) is 17.3 Å². The van der Waals surface area contributed by atoms with Gasteiger partial charge in [0.25, 0.3) is 0 Å². The third kappa shape index (κ3) is 3.41. The topological polar surface area (TPSA) is 78.9 Å². The molecule has 0 radical (unpaired) electrons. The molecule has 0 spiro atoms. The Morgan fingerprint density at radius 3 is 2.15 bits per heavy atom. The van der Waals surface area contributed by atoms with E-state index in [2.05, 4.69) is 0 Å². The molecule has 0 aliphatic heterocycles. The average Bonchev–Trinajstić information content (AvgIpc) is 2.76. The first-order chi connectivity index (χ1) is 12.4. The second kappa shape index (κ2) is 8.52. The molecule has 2 atom stereocenters. The maximum atomic E-state index is 12.8. The molecule has 0 aromatic heterocycles. The van der Waals surface area contributed by atoms with Crippen molar-refractivity contribution in [3.8, 4) is 0 Å². The van der Waals surface area contributed by atoms with Gasteiger partial charge in [0, 0.05) is 11.5 Å². The van der Waals surface area contributed by atoms with E-state index in [1.54, 1.807) is 20.8 Å². The van der Waals surface area contributed by atoms with Gasteiger partial charge in [0.15, 0.2) is 5.41 Å². The van der Waals surface area contributed by atoms with Gasteiger partial charge in [0.2, 0.25) is 0 Å². The lowest BCUT2D eigenvalue weighted by Crippen LogP contribution is -2.45. The molecule has 0 heterocycles. The van der Waals surface area contributed by atoms with Crippen molar-refractivity contribution in [2.24, 2.45) is 17.3 Å². The largest absolute Gasteiger partial charge is 0.465 e. The third-order valence-corrected chi connectivity index (χ3v) is 5.28. The summed E-state index contributed by atoms with van der Waals surface area (Å²) in [7, 11) is 0. The lowest BCUT2D eigenvalue weighted by atomic mass is 9.76. The maximum absolute atomic E-state index is 12.8. The highest BCUT2D eigenvalue weighted by Gasteiger charge is 2.61. The minimum absolute atomic E-state index is 0.134. The summed E-state index contributed by atoms with van der Waals surface area (Å²) in [6, 6.07) is 0. The molecule has 2 aliphatic rings. The van der Waals surface area contributed by atoms with Gasteiger partial charge in [-0.05, 0) is 46.0 Å². The normalized spacial score (nSPS) is 23.8. The van der Waals surface area contributed by atoms with E-state index in [1.807, 2.05) is 19.1 Å². The summed E-state index contributed by atoms with van der Waals surface area (Å²) in [5.41, 5.74) is -0.0548. The molecule has 2 rings (SSSR count). The Kier molecular flexibility index (Phi) is 6.62. The van der Waals surface area contributed by atoms with E-state index in [1.165, 1.54) is 0 Å². The molecular formula is C20H28O6. The average molecular weight is 364 g/mol. The van der Waals surface area contributed by atoms with E-state index in [9.17, 15) is 14.4 Å². The van der Waals surface area contributed by atoms with Crippen LogP contribution in [0.3, 0.4) is 0 Å². The molecule has 26 heavy (non-hydrogen) atoms. The maximum Gasteiger partial charge on any atom is 0.333 e. The van der Waals surface area contributed by atoms with Gasteiger partial charge >= 0.3 is 17.9 Å². The van der Waals surface area contributed by atoms with E-state index >= 15 is 0 Å². The summed E-state index contributed by atoms with van der Waals surface area (Å²) >= 11 is 0. The predicted octanol–water partition coefficient (Wildman–Crippen LogP) is 2.96. The van der Waals surface area contributed by atoms with Crippen LogP contribution in [-0.4, -0.2) is 37.7 Å². The minimum atomic E-state index is -1.43. The van der Waals surface area contributed by atoms with Gasteiger partial charge in [0.05, 0.1) is 19.8 Å². The fourth-order valence-electron chi connectivity index (χ4n) is 3.98. The van der Waals surface area contributed by atoms with E-state index in [0.29, 0.717) is 12.0 Å². The molecule has 144 valence electrons. The van der Waals surface area contributed by atoms with Gasteiger partial charge in [-0.2, -0.15) is 0 Å². The van der Waals surface area contributed by atoms with Crippen LogP contribution in [0.4, 0.5) is 0 Å². The zero-order valence-corrected chi connectivity index (χ0v) is 16.0. The van der Waals surface area contributed by atoms with Gasteiger partial charge < -0.3 is 14.2 Å². The van der Waals surface area contributed by atoms with Crippen molar-refractivity contribution in [1.29, 1.82) is 0 Å². The Morgan fingerprint density at radius 2 is 1.62 bits per heavy atom. The number of hydrogen-bond donors (Lipinski definition) is 0. The van der Waals surface area contributed by atoms with Crippen molar-refractivity contribution >= 4 is 17.9 Å². The molecule has 1 saturated carbocycles.